The topological polar surface area (TPSA) is 9.23 Å². The minimum absolute atomic E-state index is 0.0164. The van der Waals surface area contributed by atoms with Crippen molar-refractivity contribution < 1.29 is 4.74 Å². The van der Waals surface area contributed by atoms with Gasteiger partial charge in [-0.3, -0.25) is 0 Å². The van der Waals surface area contributed by atoms with Crippen LogP contribution in [0.5, 0.6) is 0 Å². The first kappa shape index (κ1) is 13.6. The van der Waals surface area contributed by atoms with Gasteiger partial charge >= 0.3 is 0 Å². The molecular weight excluding hydrogens is 308 g/mol. The van der Waals surface area contributed by atoms with Gasteiger partial charge in [0.15, 0.2) is 6.10 Å². The molecule has 1 aromatic carbocycles. The third-order valence-electron chi connectivity index (χ3n) is 3.57. The van der Waals surface area contributed by atoms with Crippen molar-refractivity contribution in [3.05, 3.63) is 92.8 Å². The number of thiophene rings is 2. The lowest BCUT2D eigenvalue weighted by molar-refractivity contribution is 0.217. The minimum Gasteiger partial charge on any atom is -0.479 e. The first-order chi connectivity index (χ1) is 10.9. The number of ether oxygens (including phenoxy) is 1. The van der Waals surface area contributed by atoms with Crippen LogP contribution < -0.4 is 0 Å². The molecule has 1 atom stereocenters. The summed E-state index contributed by atoms with van der Waals surface area (Å²) < 4.78 is 6.23. The van der Waals surface area contributed by atoms with Gasteiger partial charge in [-0.2, -0.15) is 0 Å². The molecule has 2 aromatic heterocycles. The Morgan fingerprint density at radius 3 is 2.36 bits per heavy atom. The second-order valence-electron chi connectivity index (χ2n) is 5.03. The summed E-state index contributed by atoms with van der Waals surface area (Å²) in [6, 6.07) is 18.9. The Labute approximate surface area is 137 Å². The van der Waals surface area contributed by atoms with E-state index in [9.17, 15) is 0 Å². The summed E-state index contributed by atoms with van der Waals surface area (Å²) in [6.45, 7) is 0. The summed E-state index contributed by atoms with van der Waals surface area (Å²) >= 11 is 3.44. The molecule has 3 heterocycles. The highest BCUT2D eigenvalue weighted by atomic mass is 32.1. The molecule has 108 valence electrons. The molecule has 0 N–H and O–H groups in total. The van der Waals surface area contributed by atoms with Gasteiger partial charge in [0.25, 0.3) is 0 Å². The number of benzene rings is 1. The van der Waals surface area contributed by atoms with E-state index in [1.807, 2.05) is 6.07 Å². The van der Waals surface area contributed by atoms with Crippen molar-refractivity contribution in [3.63, 3.8) is 0 Å². The van der Waals surface area contributed by atoms with Crippen LogP contribution in [0, 0.1) is 0 Å². The van der Waals surface area contributed by atoms with Gasteiger partial charge in [0.2, 0.25) is 0 Å². The predicted molar refractivity (Wildman–Crippen MR) is 94.9 cm³/mol. The van der Waals surface area contributed by atoms with Gasteiger partial charge in [0, 0.05) is 4.88 Å². The van der Waals surface area contributed by atoms with Crippen molar-refractivity contribution in [2.45, 2.75) is 6.10 Å². The molecule has 1 unspecified atom stereocenters. The molecule has 3 heteroatoms. The standard InChI is InChI=1S/C19H14OS2/c1-2-6-14(7-3-1)15-12-16(18-8-4-10-21-18)20-17(13-15)19-9-5-11-22-19/h1-13,16H. The van der Waals surface area contributed by atoms with Gasteiger partial charge in [-0.25, -0.2) is 0 Å². The molecule has 0 spiro atoms. The Kier molecular flexibility index (Phi) is 3.67. The molecule has 3 aromatic rings. The van der Waals surface area contributed by atoms with E-state index < -0.39 is 0 Å². The summed E-state index contributed by atoms with van der Waals surface area (Å²) in [4.78, 5) is 2.40. The fourth-order valence-electron chi connectivity index (χ4n) is 2.51. The van der Waals surface area contributed by atoms with Crippen LogP contribution in [0.2, 0.25) is 0 Å². The van der Waals surface area contributed by atoms with Crippen LogP contribution in [0.25, 0.3) is 11.3 Å². The average Bonchev–Trinajstić information content (AvgIpc) is 3.29. The maximum Gasteiger partial charge on any atom is 0.152 e. The molecular formula is C19H14OS2. The van der Waals surface area contributed by atoms with Crippen molar-refractivity contribution in [2.75, 3.05) is 0 Å². The zero-order valence-corrected chi connectivity index (χ0v) is 13.4. The van der Waals surface area contributed by atoms with Gasteiger partial charge in [0.05, 0.1) is 4.88 Å². The maximum atomic E-state index is 6.23. The molecule has 1 nitrogen and oxygen atoms in total. The summed E-state index contributed by atoms with van der Waals surface area (Å²) in [6.07, 6.45) is 4.33. The molecule has 0 bridgehead atoms. The maximum absolute atomic E-state index is 6.23. The van der Waals surface area contributed by atoms with E-state index in [4.69, 9.17) is 4.74 Å². The van der Waals surface area contributed by atoms with Gasteiger partial charge in [0.1, 0.15) is 5.76 Å². The van der Waals surface area contributed by atoms with E-state index in [1.54, 1.807) is 22.7 Å². The van der Waals surface area contributed by atoms with E-state index in [2.05, 4.69) is 71.4 Å². The highest BCUT2D eigenvalue weighted by Gasteiger charge is 2.21. The molecule has 0 aliphatic carbocycles. The van der Waals surface area contributed by atoms with Crippen LogP contribution in [0.1, 0.15) is 21.4 Å². The predicted octanol–water partition coefficient (Wildman–Crippen LogP) is 6.01. The van der Waals surface area contributed by atoms with Crippen molar-refractivity contribution in [3.8, 4) is 0 Å². The van der Waals surface area contributed by atoms with Gasteiger partial charge in [-0.1, -0.05) is 42.5 Å². The number of hydrogen-bond acceptors (Lipinski definition) is 3. The average molecular weight is 322 g/mol. The van der Waals surface area contributed by atoms with E-state index in [0.29, 0.717) is 0 Å². The molecule has 0 amide bonds. The Morgan fingerprint density at radius 1 is 0.818 bits per heavy atom. The lowest BCUT2D eigenvalue weighted by Gasteiger charge is -2.22. The first-order valence-corrected chi connectivity index (χ1v) is 8.89. The van der Waals surface area contributed by atoms with Crippen LogP contribution >= 0.6 is 22.7 Å². The van der Waals surface area contributed by atoms with Gasteiger partial charge < -0.3 is 4.74 Å². The zero-order chi connectivity index (χ0) is 14.8. The Hall–Kier alpha value is -2.10. The molecule has 0 saturated carbocycles. The molecule has 1 aliphatic heterocycles. The zero-order valence-electron chi connectivity index (χ0n) is 11.8. The van der Waals surface area contributed by atoms with Gasteiger partial charge in [-0.05, 0) is 46.2 Å². The summed E-state index contributed by atoms with van der Waals surface area (Å²) in [5.74, 6) is 0.953. The van der Waals surface area contributed by atoms with Crippen LogP contribution in [-0.2, 0) is 4.74 Å². The van der Waals surface area contributed by atoms with E-state index in [1.165, 1.54) is 20.9 Å². The quantitative estimate of drug-likeness (QED) is 0.574. The van der Waals surface area contributed by atoms with Crippen LogP contribution in [-0.4, -0.2) is 0 Å². The number of hydrogen-bond donors (Lipinski definition) is 0. The second-order valence-corrected chi connectivity index (χ2v) is 6.95. The SMILES string of the molecule is C1=C(c2ccccc2)C=C(c2cccs2)OC1c1cccs1. The lowest BCUT2D eigenvalue weighted by atomic mass is 10.0. The molecule has 22 heavy (non-hydrogen) atoms. The Bertz CT molecular complexity index is 797. The molecule has 4 rings (SSSR count). The first-order valence-electron chi connectivity index (χ1n) is 7.13. The fourth-order valence-corrected chi connectivity index (χ4v) is 3.91. The lowest BCUT2D eigenvalue weighted by Crippen LogP contribution is -2.04. The Balaban J connectivity index is 1.78. The molecule has 0 saturated heterocycles. The van der Waals surface area contributed by atoms with Gasteiger partial charge in [-0.15, -0.1) is 22.7 Å². The van der Waals surface area contributed by atoms with E-state index >= 15 is 0 Å². The second kappa shape index (κ2) is 5.95. The van der Waals surface area contributed by atoms with E-state index in [0.717, 1.165) is 5.76 Å². The highest BCUT2D eigenvalue weighted by molar-refractivity contribution is 7.11. The third kappa shape index (κ3) is 2.65. The van der Waals surface area contributed by atoms with Crippen LogP contribution in [0.15, 0.2) is 77.5 Å². The largest absolute Gasteiger partial charge is 0.479 e. The van der Waals surface area contributed by atoms with Crippen LogP contribution in [0.4, 0.5) is 0 Å². The number of rotatable bonds is 3. The van der Waals surface area contributed by atoms with Crippen LogP contribution in [0.3, 0.4) is 0 Å². The molecule has 0 fully saturated rings. The van der Waals surface area contributed by atoms with E-state index in [-0.39, 0.29) is 6.10 Å². The minimum atomic E-state index is -0.0164. The summed E-state index contributed by atoms with van der Waals surface area (Å²) in [5, 5.41) is 4.18. The monoisotopic (exact) mass is 322 g/mol. The third-order valence-corrected chi connectivity index (χ3v) is 5.38. The molecule has 0 radical (unpaired) electrons. The summed E-state index contributed by atoms with van der Waals surface area (Å²) in [7, 11) is 0. The van der Waals surface area contributed by atoms with Crippen molar-refractivity contribution in [1.29, 1.82) is 0 Å². The number of allylic oxidation sites excluding steroid dienone is 2. The highest BCUT2D eigenvalue weighted by Crippen LogP contribution is 2.38. The van der Waals surface area contributed by atoms with Crippen molar-refractivity contribution >= 4 is 34.0 Å². The Morgan fingerprint density at radius 2 is 1.64 bits per heavy atom. The molecule has 1 aliphatic rings. The smallest absolute Gasteiger partial charge is 0.152 e. The van der Waals surface area contributed by atoms with Crippen molar-refractivity contribution in [2.24, 2.45) is 0 Å². The van der Waals surface area contributed by atoms with Crippen molar-refractivity contribution in [1.82, 2.24) is 0 Å². The summed E-state index contributed by atoms with van der Waals surface area (Å²) in [5.41, 5.74) is 2.44. The normalized spacial score (nSPS) is 17.5. The fraction of sp³-hybridized carbons (Fsp3) is 0.0526.